The Bertz CT molecular complexity index is 582. The summed E-state index contributed by atoms with van der Waals surface area (Å²) in [6, 6.07) is 2.93. The fraction of sp³-hybridized carbons (Fsp3) is 0.400. The van der Waals surface area contributed by atoms with E-state index in [1.165, 1.54) is 18.3 Å². The molecule has 0 radical (unpaired) electrons. The molecular formula is C15H16N2O3. The Morgan fingerprint density at radius 1 is 1.35 bits per heavy atom. The Labute approximate surface area is 116 Å². The van der Waals surface area contributed by atoms with Crippen molar-refractivity contribution in [3.63, 3.8) is 0 Å². The first kappa shape index (κ1) is 12.8. The van der Waals surface area contributed by atoms with Crippen molar-refractivity contribution < 1.29 is 14.7 Å². The summed E-state index contributed by atoms with van der Waals surface area (Å²) < 4.78 is 0. The van der Waals surface area contributed by atoms with Crippen molar-refractivity contribution in [2.75, 3.05) is 0 Å². The Morgan fingerprint density at radius 3 is 2.85 bits per heavy atom. The summed E-state index contributed by atoms with van der Waals surface area (Å²) in [4.78, 5) is 27.1. The molecule has 2 N–H and O–H groups in total. The van der Waals surface area contributed by atoms with Gasteiger partial charge in [-0.05, 0) is 36.8 Å². The highest BCUT2D eigenvalue weighted by molar-refractivity contribution is 5.87. The van der Waals surface area contributed by atoms with Crippen molar-refractivity contribution in [3.05, 3.63) is 41.7 Å². The monoisotopic (exact) mass is 272 g/mol. The van der Waals surface area contributed by atoms with Gasteiger partial charge < -0.3 is 10.4 Å². The average molecular weight is 272 g/mol. The van der Waals surface area contributed by atoms with Crippen molar-refractivity contribution in [1.82, 2.24) is 10.3 Å². The van der Waals surface area contributed by atoms with Crippen LogP contribution in [-0.4, -0.2) is 22.0 Å². The van der Waals surface area contributed by atoms with Crippen molar-refractivity contribution in [3.8, 4) is 0 Å². The molecule has 0 saturated heterocycles. The Kier molecular flexibility index (Phi) is 3.26. The summed E-state index contributed by atoms with van der Waals surface area (Å²) in [6.45, 7) is 0.275. The van der Waals surface area contributed by atoms with Gasteiger partial charge in [0.25, 0.3) is 0 Å². The number of carbonyl (C=O) groups excluding carboxylic acids is 1. The van der Waals surface area contributed by atoms with Crippen molar-refractivity contribution >= 4 is 11.9 Å². The number of carbonyl (C=O) groups is 2. The summed E-state index contributed by atoms with van der Waals surface area (Å²) in [7, 11) is 0. The second-order valence-electron chi connectivity index (χ2n) is 5.45. The van der Waals surface area contributed by atoms with Crippen molar-refractivity contribution in [2.24, 2.45) is 17.8 Å². The molecule has 5 heteroatoms. The standard InChI is InChI=1S/C15H16N2O3/c18-14(13-6-9-1-2-10(13)5-9)17-8-12-7-11(15(19)20)3-4-16-12/h1-4,7,9-10,13H,5-6,8H2,(H,17,18)(H,19,20). The predicted octanol–water partition coefficient (Wildman–Crippen LogP) is 1.61. The largest absolute Gasteiger partial charge is 0.478 e. The van der Waals surface area contributed by atoms with E-state index in [2.05, 4.69) is 22.5 Å². The number of carboxylic acids is 1. The average Bonchev–Trinajstić information content (AvgIpc) is 3.07. The predicted molar refractivity (Wildman–Crippen MR) is 71.9 cm³/mol. The molecule has 104 valence electrons. The van der Waals surface area contributed by atoms with Gasteiger partial charge in [-0.15, -0.1) is 0 Å². The van der Waals surface area contributed by atoms with Crippen LogP contribution in [0.5, 0.6) is 0 Å². The summed E-state index contributed by atoms with van der Waals surface area (Å²) in [5.41, 5.74) is 0.754. The minimum absolute atomic E-state index is 0.0457. The van der Waals surface area contributed by atoms with Gasteiger partial charge in [-0.25, -0.2) is 4.79 Å². The van der Waals surface area contributed by atoms with E-state index >= 15 is 0 Å². The molecule has 3 atom stereocenters. The first-order valence-corrected chi connectivity index (χ1v) is 6.78. The molecule has 2 aliphatic carbocycles. The number of nitrogens with one attached hydrogen (secondary N) is 1. The summed E-state index contributed by atoms with van der Waals surface area (Å²) in [5, 5.41) is 11.8. The van der Waals surface area contributed by atoms with E-state index in [1.807, 2.05) is 0 Å². The molecule has 0 aromatic carbocycles. The molecule has 1 aromatic rings. The second-order valence-corrected chi connectivity index (χ2v) is 5.45. The highest BCUT2D eigenvalue weighted by atomic mass is 16.4. The lowest BCUT2D eigenvalue weighted by atomic mass is 9.93. The highest BCUT2D eigenvalue weighted by Crippen LogP contribution is 2.43. The molecule has 5 nitrogen and oxygen atoms in total. The number of carboxylic acid groups (broad SMARTS) is 1. The maximum Gasteiger partial charge on any atom is 0.335 e. The molecule has 1 aromatic heterocycles. The van der Waals surface area contributed by atoms with E-state index in [9.17, 15) is 9.59 Å². The van der Waals surface area contributed by atoms with Gasteiger partial charge in [0.1, 0.15) is 0 Å². The van der Waals surface area contributed by atoms with Gasteiger partial charge in [-0.3, -0.25) is 9.78 Å². The molecular weight excluding hydrogens is 256 g/mol. The maximum absolute atomic E-state index is 12.1. The highest BCUT2D eigenvalue weighted by Gasteiger charge is 2.39. The zero-order valence-electron chi connectivity index (χ0n) is 11.0. The minimum atomic E-state index is -0.988. The topological polar surface area (TPSA) is 79.3 Å². The Balaban J connectivity index is 1.59. The molecule has 3 unspecified atom stereocenters. The molecule has 2 aliphatic rings. The fourth-order valence-corrected chi connectivity index (χ4v) is 3.10. The van der Waals surface area contributed by atoms with Gasteiger partial charge in [0, 0.05) is 12.1 Å². The van der Waals surface area contributed by atoms with Crippen LogP contribution in [0.3, 0.4) is 0 Å². The molecule has 1 fully saturated rings. The third-order valence-electron chi connectivity index (χ3n) is 4.12. The normalized spacial score (nSPS) is 26.7. The quantitative estimate of drug-likeness (QED) is 0.816. The van der Waals surface area contributed by atoms with Crippen LogP contribution in [0.1, 0.15) is 28.9 Å². The van der Waals surface area contributed by atoms with Gasteiger partial charge in [-0.2, -0.15) is 0 Å². The third-order valence-corrected chi connectivity index (χ3v) is 4.12. The number of amides is 1. The van der Waals surface area contributed by atoms with Crippen molar-refractivity contribution in [1.29, 1.82) is 0 Å². The number of hydrogen-bond donors (Lipinski definition) is 2. The molecule has 1 saturated carbocycles. The molecule has 3 rings (SSSR count). The zero-order chi connectivity index (χ0) is 14.1. The van der Waals surface area contributed by atoms with Crippen LogP contribution < -0.4 is 5.32 Å². The van der Waals surface area contributed by atoms with Crippen LogP contribution in [0.15, 0.2) is 30.5 Å². The fourth-order valence-electron chi connectivity index (χ4n) is 3.10. The summed E-state index contributed by atoms with van der Waals surface area (Å²) in [6.07, 6.45) is 7.81. The minimum Gasteiger partial charge on any atom is -0.478 e. The van der Waals surface area contributed by atoms with Crippen LogP contribution in [-0.2, 0) is 11.3 Å². The van der Waals surface area contributed by atoms with Gasteiger partial charge in [-0.1, -0.05) is 12.2 Å². The third kappa shape index (κ3) is 2.43. The zero-order valence-corrected chi connectivity index (χ0v) is 11.0. The number of nitrogens with zero attached hydrogens (tertiary/aromatic N) is 1. The second kappa shape index (κ2) is 5.07. The molecule has 1 amide bonds. The van der Waals surface area contributed by atoms with E-state index in [0.29, 0.717) is 17.5 Å². The number of fused-ring (bicyclic) bond motifs is 2. The number of aromatic nitrogens is 1. The molecule has 20 heavy (non-hydrogen) atoms. The first-order chi connectivity index (χ1) is 9.63. The van der Waals surface area contributed by atoms with Gasteiger partial charge in [0.2, 0.25) is 5.91 Å². The Hall–Kier alpha value is -2.17. The molecule has 0 spiro atoms. The number of hydrogen-bond acceptors (Lipinski definition) is 3. The van der Waals surface area contributed by atoms with Crippen LogP contribution >= 0.6 is 0 Å². The van der Waals surface area contributed by atoms with Crippen LogP contribution in [0.25, 0.3) is 0 Å². The lowest BCUT2D eigenvalue weighted by Gasteiger charge is -2.17. The van der Waals surface area contributed by atoms with E-state index < -0.39 is 5.97 Å². The number of aromatic carboxylic acids is 1. The lowest BCUT2D eigenvalue weighted by molar-refractivity contribution is -0.125. The van der Waals surface area contributed by atoms with Crippen LogP contribution in [0.2, 0.25) is 0 Å². The lowest BCUT2D eigenvalue weighted by Crippen LogP contribution is -2.32. The van der Waals surface area contributed by atoms with Crippen LogP contribution in [0.4, 0.5) is 0 Å². The molecule has 2 bridgehead atoms. The number of rotatable bonds is 4. The smallest absolute Gasteiger partial charge is 0.335 e. The molecule has 1 heterocycles. The maximum atomic E-state index is 12.1. The summed E-state index contributed by atoms with van der Waals surface area (Å²) >= 11 is 0. The van der Waals surface area contributed by atoms with Gasteiger partial charge >= 0.3 is 5.97 Å². The van der Waals surface area contributed by atoms with Gasteiger partial charge in [0.05, 0.1) is 17.8 Å². The first-order valence-electron chi connectivity index (χ1n) is 6.78. The molecule has 0 aliphatic heterocycles. The number of pyridine rings is 1. The van der Waals surface area contributed by atoms with E-state index in [0.717, 1.165) is 12.8 Å². The van der Waals surface area contributed by atoms with Crippen LogP contribution in [0, 0.1) is 17.8 Å². The summed E-state index contributed by atoms with van der Waals surface area (Å²) in [5.74, 6) is 0.0535. The number of allylic oxidation sites excluding steroid dienone is 2. The van der Waals surface area contributed by atoms with Crippen molar-refractivity contribution in [2.45, 2.75) is 19.4 Å². The van der Waals surface area contributed by atoms with E-state index in [4.69, 9.17) is 5.11 Å². The Morgan fingerprint density at radius 2 is 2.20 bits per heavy atom. The van der Waals surface area contributed by atoms with E-state index in [-0.39, 0.29) is 23.9 Å². The van der Waals surface area contributed by atoms with Gasteiger partial charge in [0.15, 0.2) is 0 Å². The van der Waals surface area contributed by atoms with E-state index in [1.54, 1.807) is 0 Å². The SMILES string of the molecule is O=C(O)c1ccnc(CNC(=O)C2CC3C=CC2C3)c1.